The molecule has 2 unspecified atom stereocenters. The van der Waals surface area contributed by atoms with Gasteiger partial charge in [0.1, 0.15) is 6.61 Å². The zero-order valence-corrected chi connectivity index (χ0v) is 22.9. The minimum atomic E-state index is -0.396. The lowest BCUT2D eigenvalue weighted by molar-refractivity contribution is 0.0393. The van der Waals surface area contributed by atoms with E-state index >= 15 is 0 Å². The highest BCUT2D eigenvalue weighted by atomic mass is 16.6. The molecule has 206 valence electrons. The van der Waals surface area contributed by atoms with Gasteiger partial charge in [-0.15, -0.1) is 0 Å². The summed E-state index contributed by atoms with van der Waals surface area (Å²) in [6, 6.07) is 5.77. The fourth-order valence-electron chi connectivity index (χ4n) is 4.72. The molecule has 1 saturated heterocycles. The number of ether oxygens (including phenoxy) is 3. The summed E-state index contributed by atoms with van der Waals surface area (Å²) in [7, 11) is 0. The number of aromatic nitrogens is 1. The molecule has 1 N–H and O–H groups in total. The molecule has 36 heavy (non-hydrogen) atoms. The lowest BCUT2D eigenvalue weighted by atomic mass is 10.0. The Morgan fingerprint density at radius 2 is 1.61 bits per heavy atom. The van der Waals surface area contributed by atoms with Crippen LogP contribution in [0.2, 0.25) is 0 Å². The molecule has 2 heterocycles. The fourth-order valence-corrected chi connectivity index (χ4v) is 4.72. The second kappa shape index (κ2) is 21.4. The minimum absolute atomic E-state index is 0.0267. The molecule has 6 nitrogen and oxygen atoms in total. The highest BCUT2D eigenvalue weighted by molar-refractivity contribution is 5.67. The zero-order chi connectivity index (χ0) is 25.5. The Morgan fingerprint density at radius 3 is 2.25 bits per heavy atom. The van der Waals surface area contributed by atoms with Gasteiger partial charge in [0.2, 0.25) is 0 Å². The number of nitrogens with one attached hydrogen (secondary N) is 1. The van der Waals surface area contributed by atoms with Crippen molar-refractivity contribution in [3.05, 3.63) is 30.1 Å². The second-order valence-corrected chi connectivity index (χ2v) is 10.3. The molecule has 0 spiro atoms. The van der Waals surface area contributed by atoms with Crippen molar-refractivity contribution in [2.24, 2.45) is 5.92 Å². The molecule has 0 radical (unpaired) electrons. The number of hydrogen-bond donors (Lipinski definition) is 1. The number of hydrogen-bond acceptors (Lipinski definition) is 5. The lowest BCUT2D eigenvalue weighted by Crippen LogP contribution is -2.29. The summed E-state index contributed by atoms with van der Waals surface area (Å²) >= 11 is 0. The van der Waals surface area contributed by atoms with Crippen LogP contribution in [-0.2, 0) is 20.6 Å². The molecule has 1 aromatic rings. The molecule has 1 amide bonds. The molecular weight excluding hydrogens is 452 g/mol. The molecule has 1 fully saturated rings. The first-order valence-electron chi connectivity index (χ1n) is 14.8. The predicted octanol–water partition coefficient (Wildman–Crippen LogP) is 7.25. The van der Waals surface area contributed by atoms with Crippen LogP contribution in [0.5, 0.6) is 0 Å². The van der Waals surface area contributed by atoms with E-state index in [0.717, 1.165) is 31.7 Å². The van der Waals surface area contributed by atoms with Crippen molar-refractivity contribution in [1.82, 2.24) is 10.3 Å². The molecule has 1 aliphatic rings. The van der Waals surface area contributed by atoms with Crippen LogP contribution in [0.3, 0.4) is 0 Å². The van der Waals surface area contributed by atoms with Gasteiger partial charge < -0.3 is 19.5 Å². The first-order chi connectivity index (χ1) is 17.8. The van der Waals surface area contributed by atoms with Gasteiger partial charge in [0, 0.05) is 37.4 Å². The molecular formula is C30H52N2O4. The first-order valence-corrected chi connectivity index (χ1v) is 14.8. The Labute approximate surface area is 220 Å². The summed E-state index contributed by atoms with van der Waals surface area (Å²) in [5.41, 5.74) is 0.953. The van der Waals surface area contributed by atoms with Crippen LogP contribution >= 0.6 is 0 Å². The van der Waals surface area contributed by atoms with E-state index in [2.05, 4.69) is 17.2 Å². The van der Waals surface area contributed by atoms with Crippen molar-refractivity contribution in [3.63, 3.8) is 0 Å². The van der Waals surface area contributed by atoms with Gasteiger partial charge >= 0.3 is 6.09 Å². The van der Waals surface area contributed by atoms with Crippen molar-refractivity contribution in [2.45, 2.75) is 116 Å². The van der Waals surface area contributed by atoms with Gasteiger partial charge in [-0.2, -0.15) is 0 Å². The molecule has 2 rings (SSSR count). The maximum atomic E-state index is 11.9. The minimum Gasteiger partial charge on any atom is -0.447 e. The smallest absolute Gasteiger partial charge is 0.407 e. The maximum absolute atomic E-state index is 11.9. The van der Waals surface area contributed by atoms with E-state index < -0.39 is 6.09 Å². The van der Waals surface area contributed by atoms with Crippen molar-refractivity contribution >= 4 is 6.09 Å². The topological polar surface area (TPSA) is 69.7 Å². The van der Waals surface area contributed by atoms with E-state index in [9.17, 15) is 4.79 Å². The van der Waals surface area contributed by atoms with Gasteiger partial charge in [0.05, 0.1) is 19.3 Å². The van der Waals surface area contributed by atoms with Crippen LogP contribution in [0.25, 0.3) is 0 Å². The van der Waals surface area contributed by atoms with E-state index in [1.165, 1.54) is 83.5 Å². The molecule has 1 aliphatic heterocycles. The number of rotatable bonds is 22. The molecule has 1 aromatic heterocycles. The Morgan fingerprint density at radius 1 is 0.944 bits per heavy atom. The summed E-state index contributed by atoms with van der Waals surface area (Å²) in [6.45, 7) is 5.36. The van der Waals surface area contributed by atoms with Gasteiger partial charge in [-0.1, -0.05) is 96.5 Å². The van der Waals surface area contributed by atoms with Crippen LogP contribution in [-0.4, -0.2) is 50.2 Å². The molecule has 0 saturated carbocycles. The summed E-state index contributed by atoms with van der Waals surface area (Å²) < 4.78 is 17.0. The van der Waals surface area contributed by atoms with Crippen LogP contribution in [0.1, 0.15) is 109 Å². The van der Waals surface area contributed by atoms with E-state index in [0.29, 0.717) is 32.1 Å². The number of amides is 1. The Balaban J connectivity index is 1.31. The number of alkyl carbamates (subject to hydrolysis) is 1. The highest BCUT2D eigenvalue weighted by Gasteiger charge is 2.26. The van der Waals surface area contributed by atoms with E-state index in [1.807, 2.05) is 18.2 Å². The number of pyridine rings is 1. The van der Waals surface area contributed by atoms with Crippen molar-refractivity contribution in [2.75, 3.05) is 33.0 Å². The summed E-state index contributed by atoms with van der Waals surface area (Å²) in [6.07, 6.45) is 22.2. The number of nitrogens with zero attached hydrogens (tertiary/aromatic N) is 1. The van der Waals surface area contributed by atoms with Crippen LogP contribution in [0.15, 0.2) is 24.4 Å². The number of unbranched alkanes of at least 4 members (excludes halogenated alkanes) is 13. The van der Waals surface area contributed by atoms with Crippen LogP contribution < -0.4 is 5.32 Å². The van der Waals surface area contributed by atoms with Crippen molar-refractivity contribution < 1.29 is 19.0 Å². The molecule has 2 atom stereocenters. The van der Waals surface area contributed by atoms with Gasteiger partial charge in [0.15, 0.2) is 0 Å². The predicted molar refractivity (Wildman–Crippen MR) is 146 cm³/mol. The van der Waals surface area contributed by atoms with Crippen molar-refractivity contribution in [3.8, 4) is 0 Å². The quantitative estimate of drug-likeness (QED) is 0.168. The standard InChI is InChI=1S/C30H52N2O4/c1-2-3-4-5-6-7-8-9-10-11-12-13-14-17-22-34-24-27-23-29(35-25-27)26-36-30(33)32-21-19-28-18-15-16-20-31-28/h15-16,18,20,27,29H,2-14,17,19,21-26H2,1H3,(H,32,33). The summed E-state index contributed by atoms with van der Waals surface area (Å²) in [5, 5.41) is 2.77. The number of carbonyl (C=O) groups excluding carboxylic acids is 1. The maximum Gasteiger partial charge on any atom is 0.407 e. The molecule has 0 bridgehead atoms. The molecule has 0 aliphatic carbocycles. The normalized spacial score (nSPS) is 17.4. The lowest BCUT2D eigenvalue weighted by Gasteiger charge is -2.11. The van der Waals surface area contributed by atoms with Gasteiger partial charge in [-0.3, -0.25) is 4.98 Å². The largest absolute Gasteiger partial charge is 0.447 e. The Bertz CT molecular complexity index is 643. The van der Waals surface area contributed by atoms with E-state index in [-0.39, 0.29) is 6.10 Å². The summed E-state index contributed by atoms with van der Waals surface area (Å²) in [5.74, 6) is 0.400. The third-order valence-electron chi connectivity index (χ3n) is 6.94. The van der Waals surface area contributed by atoms with Gasteiger partial charge in [0.25, 0.3) is 0 Å². The SMILES string of the molecule is CCCCCCCCCCCCCCCCOCC1COC(COC(=O)NCCc2ccccn2)C1. The summed E-state index contributed by atoms with van der Waals surface area (Å²) in [4.78, 5) is 16.1. The van der Waals surface area contributed by atoms with Crippen LogP contribution in [0, 0.1) is 5.92 Å². The third-order valence-corrected chi connectivity index (χ3v) is 6.94. The van der Waals surface area contributed by atoms with Crippen molar-refractivity contribution in [1.29, 1.82) is 0 Å². The second-order valence-electron chi connectivity index (χ2n) is 10.3. The first kappa shape index (κ1) is 30.6. The zero-order valence-electron chi connectivity index (χ0n) is 22.9. The third kappa shape index (κ3) is 16.2. The van der Waals surface area contributed by atoms with Gasteiger partial charge in [-0.05, 0) is 25.0 Å². The van der Waals surface area contributed by atoms with Gasteiger partial charge in [-0.25, -0.2) is 4.79 Å². The Hall–Kier alpha value is -1.66. The molecule has 6 heteroatoms. The number of carbonyl (C=O) groups is 1. The van der Waals surface area contributed by atoms with E-state index in [1.54, 1.807) is 6.20 Å². The van der Waals surface area contributed by atoms with Crippen LogP contribution in [0.4, 0.5) is 4.79 Å². The fraction of sp³-hybridized carbons (Fsp3) is 0.800. The average molecular weight is 505 g/mol. The monoisotopic (exact) mass is 504 g/mol. The van der Waals surface area contributed by atoms with E-state index in [4.69, 9.17) is 14.2 Å². The average Bonchev–Trinajstić information content (AvgIpc) is 3.35. The highest BCUT2D eigenvalue weighted by Crippen LogP contribution is 2.20. The Kier molecular flexibility index (Phi) is 18.2. The molecule has 0 aromatic carbocycles.